The number of nitrogens with two attached hydrogens (primary N) is 1. The van der Waals surface area contributed by atoms with Gasteiger partial charge in [-0.3, -0.25) is 14.8 Å². The third kappa shape index (κ3) is 11.7. The number of carbonyl (C=O) groups is 2. The number of hydroxylamine groups is 1. The van der Waals surface area contributed by atoms with Gasteiger partial charge in [0.1, 0.15) is 5.82 Å². The predicted octanol–water partition coefficient (Wildman–Crippen LogP) is 4.57. The molecule has 6 heteroatoms. The zero-order valence-electron chi connectivity index (χ0n) is 18.6. The monoisotopic (exact) mass is 416 g/mol. The van der Waals surface area contributed by atoms with Gasteiger partial charge in [-0.05, 0) is 31.2 Å². The third-order valence-corrected chi connectivity index (χ3v) is 3.42. The van der Waals surface area contributed by atoms with Crippen molar-refractivity contribution in [2.24, 2.45) is 11.7 Å². The van der Waals surface area contributed by atoms with E-state index in [4.69, 9.17) is 10.9 Å². The van der Waals surface area contributed by atoms with Crippen molar-refractivity contribution in [1.82, 2.24) is 5.48 Å². The Morgan fingerprint density at radius 1 is 1.03 bits per heavy atom. The van der Waals surface area contributed by atoms with Crippen LogP contribution in [0.4, 0.5) is 4.39 Å². The van der Waals surface area contributed by atoms with Crippen LogP contribution < -0.4 is 11.2 Å². The van der Waals surface area contributed by atoms with E-state index in [0.717, 1.165) is 5.56 Å². The second-order valence-electron chi connectivity index (χ2n) is 5.48. The second kappa shape index (κ2) is 18.0. The van der Waals surface area contributed by atoms with Gasteiger partial charge >= 0.3 is 0 Å². The van der Waals surface area contributed by atoms with Crippen LogP contribution >= 0.6 is 0 Å². The average molecular weight is 417 g/mol. The molecule has 0 radical (unpaired) electrons. The second-order valence-corrected chi connectivity index (χ2v) is 5.48. The zero-order valence-corrected chi connectivity index (χ0v) is 18.6. The van der Waals surface area contributed by atoms with Crippen molar-refractivity contribution in [1.29, 1.82) is 0 Å². The normalized spacial score (nSPS) is 9.50. The van der Waals surface area contributed by atoms with Crippen LogP contribution in [-0.2, 0) is 4.79 Å². The standard InChI is InChI=1S/C16H11FO.C4H10N2O2.2C2H6/c1-12(18)14-9-6-13(7-10-14)8-11-15-4-2-3-5-16(15)17;1-3(2-5)4(7)6-8;2*1-2/h2-7,9-10H,1H3;3,8H,2,5H2,1H3,(H,6,7);2*1-2H3. The van der Waals surface area contributed by atoms with Gasteiger partial charge in [0.2, 0.25) is 5.91 Å². The number of hydrogen-bond donors (Lipinski definition) is 3. The number of carbonyl (C=O) groups excluding carboxylic acids is 2. The first kappa shape index (κ1) is 29.2. The van der Waals surface area contributed by atoms with E-state index in [0.29, 0.717) is 11.1 Å². The maximum absolute atomic E-state index is 13.3. The van der Waals surface area contributed by atoms with Gasteiger partial charge in [0.05, 0.1) is 5.56 Å². The number of amides is 1. The van der Waals surface area contributed by atoms with Crippen molar-refractivity contribution < 1.29 is 19.2 Å². The summed E-state index contributed by atoms with van der Waals surface area (Å²) in [5, 5.41) is 7.98. The smallest absolute Gasteiger partial charge is 0.247 e. The molecule has 4 N–H and O–H groups in total. The lowest BCUT2D eigenvalue weighted by atomic mass is 10.1. The highest BCUT2D eigenvalue weighted by atomic mass is 19.1. The molecule has 0 aromatic heterocycles. The van der Waals surface area contributed by atoms with Gasteiger partial charge in [-0.2, -0.15) is 0 Å². The van der Waals surface area contributed by atoms with Crippen LogP contribution in [0.25, 0.3) is 0 Å². The maximum atomic E-state index is 13.3. The highest BCUT2D eigenvalue weighted by Crippen LogP contribution is 2.06. The van der Waals surface area contributed by atoms with E-state index in [-0.39, 0.29) is 24.1 Å². The summed E-state index contributed by atoms with van der Waals surface area (Å²) in [6.07, 6.45) is 0. The number of nitrogens with one attached hydrogen (secondary N) is 1. The lowest BCUT2D eigenvalue weighted by Gasteiger charge is -2.02. The van der Waals surface area contributed by atoms with Gasteiger partial charge in [0.25, 0.3) is 0 Å². The molecule has 0 saturated heterocycles. The van der Waals surface area contributed by atoms with Gasteiger partial charge in [0, 0.05) is 23.6 Å². The molecule has 0 spiro atoms. The number of benzene rings is 2. The molecular formula is C24H33FN2O3. The molecule has 5 nitrogen and oxygen atoms in total. The first-order valence-electron chi connectivity index (χ1n) is 9.90. The minimum atomic E-state index is -0.437. The molecule has 1 amide bonds. The molecule has 0 bridgehead atoms. The Morgan fingerprint density at radius 2 is 1.57 bits per heavy atom. The highest BCUT2D eigenvalue weighted by molar-refractivity contribution is 5.94. The van der Waals surface area contributed by atoms with Crippen molar-refractivity contribution in [2.75, 3.05) is 6.54 Å². The fourth-order valence-corrected chi connectivity index (χ4v) is 1.71. The van der Waals surface area contributed by atoms with E-state index in [2.05, 4.69) is 11.8 Å². The number of Topliss-reactive ketones (excluding diaryl/α,β-unsaturated/α-hetero) is 1. The van der Waals surface area contributed by atoms with Crippen molar-refractivity contribution in [3.05, 3.63) is 71.0 Å². The number of halogens is 1. The minimum absolute atomic E-state index is 0.0172. The van der Waals surface area contributed by atoms with Crippen LogP contribution in [0.2, 0.25) is 0 Å². The van der Waals surface area contributed by atoms with Crippen LogP contribution in [0, 0.1) is 23.6 Å². The average Bonchev–Trinajstić information content (AvgIpc) is 2.80. The summed E-state index contributed by atoms with van der Waals surface area (Å²) in [5.41, 5.74) is 8.34. The third-order valence-electron chi connectivity index (χ3n) is 3.42. The summed E-state index contributed by atoms with van der Waals surface area (Å²) in [4.78, 5) is 21.4. The van der Waals surface area contributed by atoms with Gasteiger partial charge < -0.3 is 5.73 Å². The first-order valence-corrected chi connectivity index (χ1v) is 9.90. The van der Waals surface area contributed by atoms with E-state index < -0.39 is 5.91 Å². The predicted molar refractivity (Wildman–Crippen MR) is 120 cm³/mol. The van der Waals surface area contributed by atoms with Gasteiger partial charge in [-0.15, -0.1) is 0 Å². The van der Waals surface area contributed by atoms with Crippen LogP contribution in [-0.4, -0.2) is 23.4 Å². The van der Waals surface area contributed by atoms with E-state index in [1.807, 2.05) is 27.7 Å². The molecule has 0 fully saturated rings. The summed E-state index contributed by atoms with van der Waals surface area (Å²) in [7, 11) is 0. The quantitative estimate of drug-likeness (QED) is 0.296. The van der Waals surface area contributed by atoms with Gasteiger partial charge in [-0.1, -0.05) is 70.7 Å². The Bertz CT molecular complexity index is 809. The van der Waals surface area contributed by atoms with Crippen LogP contribution in [0.1, 0.15) is 63.0 Å². The van der Waals surface area contributed by atoms with Crippen LogP contribution in [0.15, 0.2) is 48.5 Å². The number of rotatable bonds is 3. The highest BCUT2D eigenvalue weighted by Gasteiger charge is 2.07. The van der Waals surface area contributed by atoms with Crippen molar-refractivity contribution in [3.8, 4) is 11.8 Å². The summed E-state index contributed by atoms with van der Waals surface area (Å²) in [6, 6.07) is 13.3. The molecule has 0 saturated carbocycles. The molecule has 0 heterocycles. The molecular weight excluding hydrogens is 383 g/mol. The zero-order chi connectivity index (χ0) is 23.5. The maximum Gasteiger partial charge on any atom is 0.247 e. The number of hydrogen-bond acceptors (Lipinski definition) is 4. The van der Waals surface area contributed by atoms with E-state index in [1.54, 1.807) is 49.4 Å². The molecule has 2 aromatic carbocycles. The lowest BCUT2D eigenvalue weighted by Crippen LogP contribution is -2.30. The molecule has 0 aliphatic rings. The summed E-state index contributed by atoms with van der Waals surface area (Å²) < 4.78 is 13.3. The van der Waals surface area contributed by atoms with Crippen molar-refractivity contribution in [2.45, 2.75) is 41.5 Å². The van der Waals surface area contributed by atoms with Crippen molar-refractivity contribution >= 4 is 11.7 Å². The lowest BCUT2D eigenvalue weighted by molar-refractivity contribution is -0.132. The Morgan fingerprint density at radius 3 is 1.97 bits per heavy atom. The molecule has 1 atom stereocenters. The summed E-state index contributed by atoms with van der Waals surface area (Å²) >= 11 is 0. The fraction of sp³-hybridized carbons (Fsp3) is 0.333. The number of ketones is 1. The topological polar surface area (TPSA) is 92.4 Å². The van der Waals surface area contributed by atoms with Crippen LogP contribution in [0.5, 0.6) is 0 Å². The fourth-order valence-electron chi connectivity index (χ4n) is 1.71. The van der Waals surface area contributed by atoms with E-state index in [1.165, 1.54) is 18.5 Å². The molecule has 1 unspecified atom stereocenters. The molecule has 30 heavy (non-hydrogen) atoms. The van der Waals surface area contributed by atoms with Crippen molar-refractivity contribution in [3.63, 3.8) is 0 Å². The Balaban J connectivity index is 0. The molecule has 2 rings (SSSR count). The van der Waals surface area contributed by atoms with Gasteiger partial charge in [-0.25, -0.2) is 9.87 Å². The molecule has 0 aliphatic heterocycles. The van der Waals surface area contributed by atoms with E-state index in [9.17, 15) is 14.0 Å². The Labute approximate surface area is 179 Å². The molecule has 164 valence electrons. The van der Waals surface area contributed by atoms with Gasteiger partial charge in [0.15, 0.2) is 5.78 Å². The van der Waals surface area contributed by atoms with E-state index >= 15 is 0 Å². The Hall–Kier alpha value is -3.01. The Kier molecular flexibility index (Phi) is 17.6. The van der Waals surface area contributed by atoms with Crippen LogP contribution in [0.3, 0.4) is 0 Å². The SMILES string of the molecule is CC.CC.CC(=O)c1ccc(C#Cc2ccccc2F)cc1.CC(CN)C(=O)NO. The molecule has 0 aliphatic carbocycles. The molecule has 2 aromatic rings. The summed E-state index contributed by atoms with van der Waals surface area (Å²) in [5.74, 6) is 4.58. The minimum Gasteiger partial charge on any atom is -0.330 e. The largest absolute Gasteiger partial charge is 0.330 e. The first-order chi connectivity index (χ1) is 14.4. The summed E-state index contributed by atoms with van der Waals surface area (Å²) in [6.45, 7) is 11.4.